The van der Waals surface area contributed by atoms with Crippen molar-refractivity contribution in [3.8, 4) is 5.75 Å². The molecule has 0 saturated heterocycles. The second-order valence-corrected chi connectivity index (χ2v) is 4.62. The maximum atomic E-state index is 10.2. The molecule has 0 saturated carbocycles. The van der Waals surface area contributed by atoms with Crippen LogP contribution in [0.1, 0.15) is 48.4 Å². The van der Waals surface area contributed by atoms with Gasteiger partial charge in [0, 0.05) is 0 Å². The van der Waals surface area contributed by atoms with Gasteiger partial charge >= 0.3 is 0 Å². The van der Waals surface area contributed by atoms with E-state index in [1.165, 1.54) is 36.0 Å². The molecule has 1 N–H and O–H groups in total. The fourth-order valence-corrected chi connectivity index (χ4v) is 2.61. The number of benzene rings is 1. The van der Waals surface area contributed by atoms with Gasteiger partial charge in [-0.1, -0.05) is 19.4 Å². The molecule has 0 aromatic heterocycles. The lowest BCUT2D eigenvalue weighted by Crippen LogP contribution is -1.95. The summed E-state index contributed by atoms with van der Waals surface area (Å²) >= 11 is 0. The van der Waals surface area contributed by atoms with E-state index in [-0.39, 0.29) is 0 Å². The fourth-order valence-electron chi connectivity index (χ4n) is 2.61. The van der Waals surface area contributed by atoms with Gasteiger partial charge in [0.1, 0.15) is 5.75 Å². The van der Waals surface area contributed by atoms with Gasteiger partial charge in [-0.15, -0.1) is 0 Å². The molecular formula is C14H20O. The zero-order chi connectivity index (χ0) is 10.8. The van der Waals surface area contributed by atoms with Gasteiger partial charge in [0.15, 0.2) is 0 Å². The van der Waals surface area contributed by atoms with Crippen LogP contribution in [0.3, 0.4) is 0 Å². The molecule has 1 heteroatoms. The summed E-state index contributed by atoms with van der Waals surface area (Å²) < 4.78 is 0. The molecule has 15 heavy (non-hydrogen) atoms. The van der Waals surface area contributed by atoms with Gasteiger partial charge in [0.2, 0.25) is 0 Å². The molecule has 0 radical (unpaired) electrons. The van der Waals surface area contributed by atoms with Crippen molar-refractivity contribution >= 4 is 0 Å². The smallest absolute Gasteiger partial charge is 0.122 e. The van der Waals surface area contributed by atoms with Gasteiger partial charge in [0.05, 0.1) is 0 Å². The minimum Gasteiger partial charge on any atom is -0.507 e. The molecule has 1 nitrogen and oxygen atoms in total. The minimum atomic E-state index is 0.599. The maximum absolute atomic E-state index is 10.2. The predicted octanol–water partition coefficient (Wildman–Crippen LogP) is 3.53. The average molecular weight is 204 g/mol. The number of fused-ring (bicyclic) bond motifs is 1. The summed E-state index contributed by atoms with van der Waals surface area (Å²) in [5.74, 6) is 0.599. The van der Waals surface area contributed by atoms with Gasteiger partial charge in [-0.2, -0.15) is 0 Å². The summed E-state index contributed by atoms with van der Waals surface area (Å²) in [6.45, 7) is 4.37. The number of aromatic hydroxyl groups is 1. The number of phenolic OH excluding ortho intramolecular Hbond substituents is 1. The summed E-state index contributed by atoms with van der Waals surface area (Å²) in [4.78, 5) is 0. The summed E-state index contributed by atoms with van der Waals surface area (Å²) in [5.41, 5.74) is 5.19. The van der Waals surface area contributed by atoms with E-state index >= 15 is 0 Å². The minimum absolute atomic E-state index is 0.599. The van der Waals surface area contributed by atoms with E-state index in [0.29, 0.717) is 5.75 Å². The third kappa shape index (κ3) is 1.88. The van der Waals surface area contributed by atoms with Crippen LogP contribution in [0.2, 0.25) is 0 Å². The van der Waals surface area contributed by atoms with Gasteiger partial charge in [-0.25, -0.2) is 0 Å². The molecule has 1 aliphatic carbocycles. The van der Waals surface area contributed by atoms with Crippen molar-refractivity contribution in [3.05, 3.63) is 28.3 Å². The monoisotopic (exact) mass is 204 g/mol. The van der Waals surface area contributed by atoms with Crippen LogP contribution < -0.4 is 0 Å². The quantitative estimate of drug-likeness (QED) is 0.798. The zero-order valence-electron chi connectivity index (χ0n) is 9.77. The van der Waals surface area contributed by atoms with E-state index in [1.807, 2.05) is 0 Å². The topological polar surface area (TPSA) is 20.2 Å². The molecule has 1 aliphatic rings. The SMILES string of the molecule is CCCCc1cc(C)c2c(c1O)CCC2. The van der Waals surface area contributed by atoms with Crippen LogP contribution in [0.25, 0.3) is 0 Å². The van der Waals surface area contributed by atoms with Crippen LogP contribution in [0.15, 0.2) is 6.07 Å². The Hall–Kier alpha value is -0.980. The average Bonchev–Trinajstić information content (AvgIpc) is 2.70. The van der Waals surface area contributed by atoms with Crippen LogP contribution in [-0.4, -0.2) is 5.11 Å². The second-order valence-electron chi connectivity index (χ2n) is 4.62. The largest absolute Gasteiger partial charge is 0.507 e. The van der Waals surface area contributed by atoms with E-state index in [2.05, 4.69) is 19.9 Å². The summed E-state index contributed by atoms with van der Waals surface area (Å²) in [5, 5.41) is 10.2. The van der Waals surface area contributed by atoms with Crippen LogP contribution >= 0.6 is 0 Å². The van der Waals surface area contributed by atoms with Gasteiger partial charge in [-0.05, 0) is 61.3 Å². The first kappa shape index (κ1) is 10.5. The number of phenols is 1. The highest BCUT2D eigenvalue weighted by Crippen LogP contribution is 2.35. The van der Waals surface area contributed by atoms with Crippen molar-refractivity contribution < 1.29 is 5.11 Å². The van der Waals surface area contributed by atoms with Crippen LogP contribution in [-0.2, 0) is 19.3 Å². The molecule has 2 rings (SSSR count). The first-order valence-corrected chi connectivity index (χ1v) is 6.07. The lowest BCUT2D eigenvalue weighted by atomic mass is 9.96. The molecule has 0 fully saturated rings. The van der Waals surface area contributed by atoms with E-state index in [0.717, 1.165) is 24.8 Å². The Labute approximate surface area is 92.1 Å². The summed E-state index contributed by atoms with van der Waals surface area (Å²) in [6.07, 6.45) is 6.82. The number of unbranched alkanes of at least 4 members (excludes halogenated alkanes) is 1. The van der Waals surface area contributed by atoms with Crippen LogP contribution in [0.5, 0.6) is 5.75 Å². The predicted molar refractivity (Wildman–Crippen MR) is 63.5 cm³/mol. The molecule has 0 atom stereocenters. The highest BCUT2D eigenvalue weighted by molar-refractivity contribution is 5.51. The van der Waals surface area contributed by atoms with Crippen molar-refractivity contribution in [2.45, 2.75) is 52.4 Å². The van der Waals surface area contributed by atoms with Crippen LogP contribution in [0, 0.1) is 6.92 Å². The summed E-state index contributed by atoms with van der Waals surface area (Å²) in [7, 11) is 0. The molecule has 0 aliphatic heterocycles. The Morgan fingerprint density at radius 3 is 2.73 bits per heavy atom. The van der Waals surface area contributed by atoms with E-state index in [4.69, 9.17) is 0 Å². The first-order valence-electron chi connectivity index (χ1n) is 6.07. The molecule has 0 unspecified atom stereocenters. The zero-order valence-corrected chi connectivity index (χ0v) is 9.77. The van der Waals surface area contributed by atoms with Crippen molar-refractivity contribution in [3.63, 3.8) is 0 Å². The fraction of sp³-hybridized carbons (Fsp3) is 0.571. The molecule has 0 bridgehead atoms. The molecule has 0 amide bonds. The molecular weight excluding hydrogens is 184 g/mol. The highest BCUT2D eigenvalue weighted by Gasteiger charge is 2.19. The van der Waals surface area contributed by atoms with E-state index < -0.39 is 0 Å². The molecule has 82 valence electrons. The first-order chi connectivity index (χ1) is 7.24. The van der Waals surface area contributed by atoms with Crippen LogP contribution in [0.4, 0.5) is 0 Å². The Bertz CT molecular complexity index is 366. The normalized spacial score (nSPS) is 14.3. The van der Waals surface area contributed by atoms with Crippen molar-refractivity contribution in [2.24, 2.45) is 0 Å². The Balaban J connectivity index is 2.36. The Morgan fingerprint density at radius 2 is 2.00 bits per heavy atom. The van der Waals surface area contributed by atoms with Gasteiger partial charge in [0.25, 0.3) is 0 Å². The number of rotatable bonds is 3. The maximum Gasteiger partial charge on any atom is 0.122 e. The summed E-state index contributed by atoms with van der Waals surface area (Å²) in [6, 6.07) is 2.19. The van der Waals surface area contributed by atoms with Crippen molar-refractivity contribution in [1.29, 1.82) is 0 Å². The lowest BCUT2D eigenvalue weighted by molar-refractivity contribution is 0.460. The Morgan fingerprint density at radius 1 is 1.27 bits per heavy atom. The number of hydrogen-bond acceptors (Lipinski definition) is 1. The standard InChI is InChI=1S/C14H20O/c1-3-4-6-11-9-10(2)12-7-5-8-13(12)14(11)15/h9,15H,3-8H2,1-2H3. The molecule has 0 heterocycles. The Kier molecular flexibility index (Phi) is 2.99. The van der Waals surface area contributed by atoms with E-state index in [9.17, 15) is 5.11 Å². The number of aryl methyl sites for hydroxylation is 2. The number of hydrogen-bond donors (Lipinski definition) is 1. The third-order valence-electron chi connectivity index (χ3n) is 3.47. The lowest BCUT2D eigenvalue weighted by Gasteiger charge is -2.12. The van der Waals surface area contributed by atoms with Gasteiger partial charge < -0.3 is 5.11 Å². The molecule has 0 spiro atoms. The van der Waals surface area contributed by atoms with Crippen molar-refractivity contribution in [2.75, 3.05) is 0 Å². The van der Waals surface area contributed by atoms with E-state index in [1.54, 1.807) is 0 Å². The second kappa shape index (κ2) is 4.26. The molecule has 1 aromatic carbocycles. The van der Waals surface area contributed by atoms with Gasteiger partial charge in [-0.3, -0.25) is 0 Å². The van der Waals surface area contributed by atoms with Crippen molar-refractivity contribution in [1.82, 2.24) is 0 Å². The molecule has 1 aromatic rings. The highest BCUT2D eigenvalue weighted by atomic mass is 16.3. The third-order valence-corrected chi connectivity index (χ3v) is 3.47.